The number of fused-ring (bicyclic) bond motifs is 3. The number of benzene rings is 4. The Labute approximate surface area is 330 Å². The number of nitrogens with zero attached hydrogens (tertiary/aromatic N) is 3. The first kappa shape index (κ1) is 36.3. The van der Waals surface area contributed by atoms with Crippen molar-refractivity contribution < 1.29 is 0 Å². The molecule has 2 atom stereocenters. The summed E-state index contributed by atoms with van der Waals surface area (Å²) in [5.74, 6) is 2.93. The van der Waals surface area contributed by atoms with Gasteiger partial charge in [0.25, 0.3) is 0 Å². The fourth-order valence-corrected chi connectivity index (χ4v) is 8.87. The van der Waals surface area contributed by atoms with Crippen LogP contribution in [0.3, 0.4) is 0 Å². The van der Waals surface area contributed by atoms with E-state index >= 15 is 0 Å². The van der Waals surface area contributed by atoms with Gasteiger partial charge in [0.2, 0.25) is 0 Å². The van der Waals surface area contributed by atoms with Gasteiger partial charge in [0.15, 0.2) is 17.5 Å². The largest absolute Gasteiger partial charge is 0.208 e. The molecule has 0 fully saturated rings. The van der Waals surface area contributed by atoms with E-state index in [1.165, 1.54) is 48.4 Å². The highest BCUT2D eigenvalue weighted by Gasteiger charge is 2.25. The van der Waals surface area contributed by atoms with E-state index in [1.54, 1.807) is 0 Å². The Bertz CT molecular complexity index is 2490. The highest BCUT2D eigenvalue weighted by Crippen LogP contribution is 2.43. The van der Waals surface area contributed by atoms with Gasteiger partial charge >= 0.3 is 0 Å². The fourth-order valence-electron chi connectivity index (χ4n) is 7.70. The van der Waals surface area contributed by atoms with E-state index in [-0.39, 0.29) is 0 Å². The third-order valence-corrected chi connectivity index (χ3v) is 12.2. The molecule has 2 aromatic heterocycles. The molecule has 4 aromatic carbocycles. The van der Waals surface area contributed by atoms with Gasteiger partial charge in [-0.2, -0.15) is 0 Å². The quantitative estimate of drug-likeness (QED) is 0.104. The lowest BCUT2D eigenvalue weighted by Crippen LogP contribution is -2.08. The van der Waals surface area contributed by atoms with Crippen LogP contribution in [0.25, 0.3) is 50.3 Å². The molecule has 4 heteroatoms. The maximum atomic E-state index is 5.31. The lowest BCUT2D eigenvalue weighted by Gasteiger charge is -2.21. The Morgan fingerprint density at radius 3 is 2.22 bits per heavy atom. The molecule has 0 aliphatic heterocycles. The number of allylic oxidation sites excluding steroid dienone is 11. The Hall–Kier alpha value is -5.71. The molecule has 2 unspecified atom stereocenters. The summed E-state index contributed by atoms with van der Waals surface area (Å²) in [6.07, 6.45) is 25.7. The first-order chi connectivity index (χ1) is 27.0. The normalized spacial score (nSPS) is 17.6. The van der Waals surface area contributed by atoms with Crippen molar-refractivity contribution in [3.8, 4) is 34.2 Å². The van der Waals surface area contributed by atoms with Gasteiger partial charge in [-0.25, -0.2) is 15.0 Å². The third-order valence-electron chi connectivity index (χ3n) is 11.0. The Morgan fingerprint density at radius 2 is 1.42 bits per heavy atom. The predicted octanol–water partition coefficient (Wildman–Crippen LogP) is 13.7. The average molecular weight is 734 g/mol. The minimum atomic E-state index is 0.308. The molecule has 0 spiro atoms. The van der Waals surface area contributed by atoms with Gasteiger partial charge in [-0.3, -0.25) is 0 Å². The van der Waals surface area contributed by atoms with Gasteiger partial charge < -0.3 is 0 Å². The van der Waals surface area contributed by atoms with Crippen LogP contribution >= 0.6 is 11.3 Å². The molecule has 3 nitrogen and oxygen atoms in total. The van der Waals surface area contributed by atoms with Crippen molar-refractivity contribution in [2.75, 3.05) is 0 Å². The summed E-state index contributed by atoms with van der Waals surface area (Å²) in [7, 11) is 0. The summed E-state index contributed by atoms with van der Waals surface area (Å²) >= 11 is 1.87. The van der Waals surface area contributed by atoms with Gasteiger partial charge in [0.1, 0.15) is 0 Å². The third kappa shape index (κ3) is 8.21. The first-order valence-corrected chi connectivity index (χ1v) is 20.3. The highest BCUT2D eigenvalue weighted by atomic mass is 32.1. The lowest BCUT2D eigenvalue weighted by molar-refractivity contribution is 0.618. The molecule has 0 radical (unpaired) electrons. The summed E-state index contributed by atoms with van der Waals surface area (Å²) in [5.41, 5.74) is 11.1. The van der Waals surface area contributed by atoms with Crippen molar-refractivity contribution >= 4 is 27.5 Å². The minimum Gasteiger partial charge on any atom is -0.208 e. The number of hydrogen-bond donors (Lipinski definition) is 0. The summed E-state index contributed by atoms with van der Waals surface area (Å²) < 4.78 is 1.27. The summed E-state index contributed by atoms with van der Waals surface area (Å²) in [6.45, 7) is 6.66. The van der Waals surface area contributed by atoms with Crippen molar-refractivity contribution in [3.05, 3.63) is 190 Å². The molecule has 0 saturated carbocycles. The molecule has 55 heavy (non-hydrogen) atoms. The van der Waals surface area contributed by atoms with E-state index < -0.39 is 0 Å². The summed E-state index contributed by atoms with van der Waals surface area (Å²) in [5, 5.41) is 1.26. The van der Waals surface area contributed by atoms with E-state index in [9.17, 15) is 0 Å². The molecule has 2 aliphatic carbocycles. The molecular weight excluding hydrogens is 687 g/mol. The SMILES string of the molecule is CC(=C\C=C/Cc1ccccc1)/C(C)=C/C=C(\C)C1C=Cc2sc3cccc(-c4nc(-c5ccccc5)nc(-c5ccccc5C5CC=CCC5)n4)c3c2C1. The zero-order chi connectivity index (χ0) is 37.6. The number of hydrogen-bond acceptors (Lipinski definition) is 4. The molecule has 8 rings (SSSR count). The Morgan fingerprint density at radius 1 is 0.709 bits per heavy atom. The Kier molecular flexibility index (Phi) is 11.0. The standard InChI is InChI=1S/C51H47N3S/c1-35(18-13-14-21-38-19-7-4-8-20-38)36(2)30-31-37(3)41-32-33-46-45(34-41)48-44(28-17-29-47(48)55-46)51-53-49(40-24-11-6-12-25-40)52-50(54-51)43-27-16-15-26-42(43)39-22-9-5-10-23-39/h4-9,11-20,24-33,39,41H,10,21-23,34H2,1-3H3/b14-13-,35-18+,36-30+,37-31+. The number of thiophene rings is 1. The molecular formula is C51H47N3S. The van der Waals surface area contributed by atoms with E-state index in [4.69, 9.17) is 15.0 Å². The zero-order valence-corrected chi connectivity index (χ0v) is 32.8. The maximum absolute atomic E-state index is 5.31. The molecule has 6 aromatic rings. The van der Waals surface area contributed by atoms with Crippen LogP contribution in [-0.4, -0.2) is 15.0 Å². The second-order valence-electron chi connectivity index (χ2n) is 14.8. The molecule has 2 heterocycles. The summed E-state index contributed by atoms with van der Waals surface area (Å²) in [4.78, 5) is 17.0. The van der Waals surface area contributed by atoms with Crippen LogP contribution in [0, 0.1) is 5.92 Å². The van der Waals surface area contributed by atoms with E-state index in [0.717, 1.165) is 60.4 Å². The molecule has 0 N–H and O–H groups in total. The van der Waals surface area contributed by atoms with Gasteiger partial charge in [0.05, 0.1) is 0 Å². The van der Waals surface area contributed by atoms with Crippen LogP contribution in [0.1, 0.15) is 67.5 Å². The van der Waals surface area contributed by atoms with Crippen molar-refractivity contribution in [1.82, 2.24) is 15.0 Å². The fraction of sp³-hybridized carbons (Fsp3) is 0.196. The van der Waals surface area contributed by atoms with Crippen LogP contribution in [0.4, 0.5) is 0 Å². The predicted molar refractivity (Wildman–Crippen MR) is 234 cm³/mol. The summed E-state index contributed by atoms with van der Waals surface area (Å²) in [6, 6.07) is 36.2. The molecule has 2 aliphatic rings. The molecule has 0 amide bonds. The van der Waals surface area contributed by atoms with Gasteiger partial charge in [-0.15, -0.1) is 11.3 Å². The smallest absolute Gasteiger partial charge is 0.164 e. The second-order valence-corrected chi connectivity index (χ2v) is 15.8. The lowest BCUT2D eigenvalue weighted by atomic mass is 9.85. The van der Waals surface area contributed by atoms with Crippen molar-refractivity contribution in [1.29, 1.82) is 0 Å². The average Bonchev–Trinajstić information content (AvgIpc) is 3.63. The van der Waals surface area contributed by atoms with Gasteiger partial charge in [0, 0.05) is 37.6 Å². The maximum Gasteiger partial charge on any atom is 0.164 e. The zero-order valence-electron chi connectivity index (χ0n) is 32.0. The van der Waals surface area contributed by atoms with Crippen molar-refractivity contribution in [2.24, 2.45) is 5.92 Å². The van der Waals surface area contributed by atoms with Crippen molar-refractivity contribution in [3.63, 3.8) is 0 Å². The Balaban J connectivity index is 1.12. The monoisotopic (exact) mass is 733 g/mol. The molecule has 0 saturated heterocycles. The van der Waals surface area contributed by atoms with Gasteiger partial charge in [-0.1, -0.05) is 151 Å². The van der Waals surface area contributed by atoms with Crippen LogP contribution < -0.4 is 0 Å². The van der Waals surface area contributed by atoms with Crippen LogP contribution in [0.15, 0.2) is 168 Å². The molecule has 0 bridgehead atoms. The van der Waals surface area contributed by atoms with E-state index in [1.807, 2.05) is 17.4 Å². The number of rotatable bonds is 10. The minimum absolute atomic E-state index is 0.308. The van der Waals surface area contributed by atoms with Gasteiger partial charge in [-0.05, 0) is 98.8 Å². The van der Waals surface area contributed by atoms with Crippen LogP contribution in [-0.2, 0) is 12.8 Å². The van der Waals surface area contributed by atoms with Crippen LogP contribution in [0.5, 0.6) is 0 Å². The topological polar surface area (TPSA) is 38.7 Å². The molecule has 272 valence electrons. The first-order valence-electron chi connectivity index (χ1n) is 19.5. The van der Waals surface area contributed by atoms with E-state index in [2.05, 4.69) is 173 Å². The van der Waals surface area contributed by atoms with Crippen molar-refractivity contribution in [2.45, 2.75) is 58.8 Å². The second kappa shape index (κ2) is 16.8. The van der Waals surface area contributed by atoms with E-state index in [0.29, 0.717) is 17.7 Å². The number of aromatic nitrogens is 3. The highest BCUT2D eigenvalue weighted by molar-refractivity contribution is 7.20. The van der Waals surface area contributed by atoms with Crippen LogP contribution in [0.2, 0.25) is 0 Å².